The molecule has 0 amide bonds. The van der Waals surface area contributed by atoms with Crippen LogP contribution < -0.4 is 0 Å². The fourth-order valence-corrected chi connectivity index (χ4v) is 4.62. The normalized spacial score (nSPS) is 13.2. The van der Waals surface area contributed by atoms with Gasteiger partial charge in [0.2, 0.25) is 0 Å². The molecule has 2 atom stereocenters. The first-order valence-electron chi connectivity index (χ1n) is 13.1. The number of aliphatic hydroxyl groups is 1. The predicted molar refractivity (Wildman–Crippen MR) is 136 cm³/mol. The number of unbranched alkanes of at least 4 members (excludes halogenated alkanes) is 10. The van der Waals surface area contributed by atoms with Crippen LogP contribution in [0.1, 0.15) is 114 Å². The molecular weight excluding hydrogens is 376 g/mol. The van der Waals surface area contributed by atoms with Crippen LogP contribution in [0.25, 0.3) is 0 Å². The molecule has 0 radical (unpaired) electrons. The van der Waals surface area contributed by atoms with E-state index in [0.29, 0.717) is 5.92 Å². The van der Waals surface area contributed by atoms with Gasteiger partial charge in [-0.25, -0.2) is 0 Å². The van der Waals surface area contributed by atoms with Gasteiger partial charge >= 0.3 is 0 Å². The average Bonchev–Trinajstić information content (AvgIpc) is 2.81. The van der Waals surface area contributed by atoms with Crippen molar-refractivity contribution < 1.29 is 5.11 Å². The van der Waals surface area contributed by atoms with E-state index in [1.54, 1.807) is 0 Å². The van der Waals surface area contributed by atoms with E-state index in [1.807, 2.05) is 0 Å². The molecule has 0 aliphatic rings. The first-order valence-corrected chi connectivity index (χ1v) is 13.1. The maximum Gasteiger partial charge on any atom is 0.0546 e. The molecule has 172 valence electrons. The molecule has 1 nitrogen and oxygen atoms in total. The number of rotatable bonds is 18. The third kappa shape index (κ3) is 12.1. The summed E-state index contributed by atoms with van der Waals surface area (Å²) in [7, 11) is 0. The lowest BCUT2D eigenvalue weighted by molar-refractivity contribution is 0.140. The molecule has 31 heavy (non-hydrogen) atoms. The van der Waals surface area contributed by atoms with Crippen LogP contribution in [0.2, 0.25) is 0 Å². The van der Waals surface area contributed by atoms with Gasteiger partial charge in [0.05, 0.1) is 6.10 Å². The van der Waals surface area contributed by atoms with Crippen molar-refractivity contribution in [2.45, 2.75) is 115 Å². The van der Waals surface area contributed by atoms with E-state index in [2.05, 4.69) is 67.6 Å². The summed E-state index contributed by atoms with van der Waals surface area (Å²) in [6.45, 7) is 2.28. The molecule has 2 aromatic rings. The molecule has 2 rings (SSSR count). The minimum absolute atomic E-state index is 0.181. The summed E-state index contributed by atoms with van der Waals surface area (Å²) in [4.78, 5) is 0. The molecule has 0 saturated carbocycles. The van der Waals surface area contributed by atoms with Crippen molar-refractivity contribution in [2.75, 3.05) is 0 Å². The molecule has 0 bridgehead atoms. The Bertz CT molecular complexity index is 636. The Balaban J connectivity index is 1.62. The Morgan fingerprint density at radius 1 is 0.613 bits per heavy atom. The zero-order valence-electron chi connectivity index (χ0n) is 20.0. The summed E-state index contributed by atoms with van der Waals surface area (Å²) in [6, 6.07) is 21.5. The van der Waals surface area contributed by atoms with Crippen molar-refractivity contribution in [2.24, 2.45) is 0 Å². The van der Waals surface area contributed by atoms with E-state index in [4.69, 9.17) is 0 Å². The summed E-state index contributed by atoms with van der Waals surface area (Å²) in [5.74, 6) is 0.434. The van der Waals surface area contributed by atoms with Crippen LogP contribution in [-0.2, 0) is 6.42 Å². The van der Waals surface area contributed by atoms with Crippen LogP contribution in [-0.4, -0.2) is 11.2 Å². The smallest absolute Gasteiger partial charge is 0.0546 e. The van der Waals surface area contributed by atoms with Gasteiger partial charge in [0.15, 0.2) is 0 Å². The van der Waals surface area contributed by atoms with E-state index < -0.39 is 0 Å². The van der Waals surface area contributed by atoms with Gasteiger partial charge in [0, 0.05) is 0 Å². The third-order valence-corrected chi connectivity index (χ3v) is 6.59. The highest BCUT2D eigenvalue weighted by atomic mass is 16.3. The van der Waals surface area contributed by atoms with Gasteiger partial charge in [0.25, 0.3) is 0 Å². The van der Waals surface area contributed by atoms with Gasteiger partial charge in [-0.2, -0.15) is 0 Å². The van der Waals surface area contributed by atoms with Crippen LogP contribution in [0.3, 0.4) is 0 Å². The molecule has 0 spiro atoms. The maximum absolute atomic E-state index is 10.7. The minimum Gasteiger partial charge on any atom is -0.393 e. The molecular formula is C30H46O. The van der Waals surface area contributed by atoms with E-state index in [0.717, 1.165) is 32.1 Å². The van der Waals surface area contributed by atoms with E-state index in [-0.39, 0.29) is 6.10 Å². The molecule has 0 heterocycles. The van der Waals surface area contributed by atoms with Crippen LogP contribution in [0.15, 0.2) is 60.7 Å². The molecule has 0 aliphatic heterocycles. The Kier molecular flexibility index (Phi) is 14.1. The van der Waals surface area contributed by atoms with Crippen LogP contribution in [0, 0.1) is 0 Å². The third-order valence-electron chi connectivity index (χ3n) is 6.59. The van der Waals surface area contributed by atoms with Crippen molar-refractivity contribution in [3.05, 3.63) is 71.8 Å². The second-order valence-electron chi connectivity index (χ2n) is 9.35. The monoisotopic (exact) mass is 422 g/mol. The SMILES string of the molecule is CCCCCCCCCCCCCC(O)CC(CCc1ccccc1)c1ccccc1. The lowest BCUT2D eigenvalue weighted by Crippen LogP contribution is -2.13. The Hall–Kier alpha value is -1.60. The lowest BCUT2D eigenvalue weighted by atomic mass is 9.86. The summed E-state index contributed by atoms with van der Waals surface area (Å²) in [6.07, 6.45) is 18.8. The van der Waals surface area contributed by atoms with E-state index in [9.17, 15) is 5.11 Å². The largest absolute Gasteiger partial charge is 0.393 e. The van der Waals surface area contributed by atoms with Gasteiger partial charge in [0.1, 0.15) is 0 Å². The Morgan fingerprint density at radius 2 is 1.13 bits per heavy atom. The highest BCUT2D eigenvalue weighted by Gasteiger charge is 2.16. The number of benzene rings is 2. The molecule has 2 unspecified atom stereocenters. The number of hydrogen-bond acceptors (Lipinski definition) is 1. The average molecular weight is 423 g/mol. The fraction of sp³-hybridized carbons (Fsp3) is 0.600. The van der Waals surface area contributed by atoms with Crippen LogP contribution in [0.4, 0.5) is 0 Å². The number of aliphatic hydroxyl groups excluding tert-OH is 1. The van der Waals surface area contributed by atoms with E-state index in [1.165, 1.54) is 75.3 Å². The maximum atomic E-state index is 10.7. The van der Waals surface area contributed by atoms with Crippen molar-refractivity contribution in [3.8, 4) is 0 Å². The molecule has 2 aromatic carbocycles. The van der Waals surface area contributed by atoms with E-state index >= 15 is 0 Å². The Morgan fingerprint density at radius 3 is 1.71 bits per heavy atom. The molecule has 1 heteroatoms. The van der Waals surface area contributed by atoms with Gasteiger partial charge < -0.3 is 5.11 Å². The van der Waals surface area contributed by atoms with Crippen molar-refractivity contribution >= 4 is 0 Å². The van der Waals surface area contributed by atoms with Gasteiger partial charge in [-0.05, 0) is 42.7 Å². The summed E-state index contributed by atoms with van der Waals surface area (Å²) < 4.78 is 0. The number of hydrogen-bond donors (Lipinski definition) is 1. The topological polar surface area (TPSA) is 20.2 Å². The number of aryl methyl sites for hydroxylation is 1. The molecule has 0 aromatic heterocycles. The highest BCUT2D eigenvalue weighted by molar-refractivity contribution is 5.21. The van der Waals surface area contributed by atoms with Gasteiger partial charge in [-0.3, -0.25) is 0 Å². The summed E-state index contributed by atoms with van der Waals surface area (Å²) >= 11 is 0. The standard InChI is InChI=1S/C30H46O/c1-2-3-4-5-6-7-8-9-10-11-18-23-30(31)26-29(28-21-16-13-17-22-28)25-24-27-19-14-12-15-20-27/h12-17,19-22,29-31H,2-11,18,23-26H2,1H3. The second kappa shape index (κ2) is 17.0. The second-order valence-corrected chi connectivity index (χ2v) is 9.35. The molecule has 0 aliphatic carbocycles. The Labute approximate surface area is 192 Å². The molecule has 0 saturated heterocycles. The van der Waals surface area contributed by atoms with Crippen molar-refractivity contribution in [1.29, 1.82) is 0 Å². The van der Waals surface area contributed by atoms with Crippen LogP contribution >= 0.6 is 0 Å². The molecule has 1 N–H and O–H groups in total. The minimum atomic E-state index is -0.181. The summed E-state index contributed by atoms with van der Waals surface area (Å²) in [5.41, 5.74) is 2.76. The zero-order valence-corrected chi connectivity index (χ0v) is 20.0. The van der Waals surface area contributed by atoms with Gasteiger partial charge in [-0.15, -0.1) is 0 Å². The quantitative estimate of drug-likeness (QED) is 0.238. The fourth-order valence-electron chi connectivity index (χ4n) is 4.62. The van der Waals surface area contributed by atoms with Crippen LogP contribution in [0.5, 0.6) is 0 Å². The highest BCUT2D eigenvalue weighted by Crippen LogP contribution is 2.28. The predicted octanol–water partition coefficient (Wildman–Crippen LogP) is 8.86. The lowest BCUT2D eigenvalue weighted by Gasteiger charge is -2.21. The first-order chi connectivity index (χ1) is 15.3. The van der Waals surface area contributed by atoms with Gasteiger partial charge in [-0.1, -0.05) is 138 Å². The van der Waals surface area contributed by atoms with Crippen molar-refractivity contribution in [1.82, 2.24) is 0 Å². The molecule has 0 fully saturated rings. The summed E-state index contributed by atoms with van der Waals surface area (Å²) in [5, 5.41) is 10.7. The zero-order chi connectivity index (χ0) is 22.0. The first kappa shape index (κ1) is 25.7. The van der Waals surface area contributed by atoms with Crippen molar-refractivity contribution in [3.63, 3.8) is 0 Å².